The van der Waals surface area contributed by atoms with Gasteiger partial charge in [0.15, 0.2) is 0 Å². The molecule has 2 fully saturated rings. The second kappa shape index (κ2) is 13.1. The first-order chi connectivity index (χ1) is 16.4. The number of carbonyl (C=O) groups is 4. The van der Waals surface area contributed by atoms with Crippen molar-refractivity contribution < 1.29 is 24.3 Å². The van der Waals surface area contributed by atoms with Crippen LogP contribution >= 0.6 is 0 Å². The van der Waals surface area contributed by atoms with E-state index in [2.05, 4.69) is 16.0 Å². The number of benzene rings is 1. The molecule has 0 bridgehead atoms. The van der Waals surface area contributed by atoms with Crippen LogP contribution in [0, 0.1) is 17.8 Å². The van der Waals surface area contributed by atoms with Crippen molar-refractivity contribution in [1.29, 1.82) is 0 Å². The van der Waals surface area contributed by atoms with Gasteiger partial charge in [-0.3, -0.25) is 19.2 Å². The smallest absolute Gasteiger partial charge is 0.310 e. The van der Waals surface area contributed by atoms with E-state index in [0.717, 1.165) is 38.8 Å². The van der Waals surface area contributed by atoms with Gasteiger partial charge in [-0.25, -0.2) is 0 Å². The van der Waals surface area contributed by atoms with E-state index in [1.54, 1.807) is 35.2 Å². The van der Waals surface area contributed by atoms with E-state index in [1.807, 2.05) is 0 Å². The van der Waals surface area contributed by atoms with E-state index in [9.17, 15) is 24.3 Å². The number of likely N-dealkylation sites (tertiary alicyclic amines) is 1. The summed E-state index contributed by atoms with van der Waals surface area (Å²) in [6, 6.07) is 8.55. The van der Waals surface area contributed by atoms with Gasteiger partial charge < -0.3 is 26.0 Å². The quantitative estimate of drug-likeness (QED) is 0.406. The topological polar surface area (TPSA) is 128 Å². The maximum absolute atomic E-state index is 12.7. The van der Waals surface area contributed by atoms with Crippen LogP contribution < -0.4 is 16.0 Å². The highest BCUT2D eigenvalue weighted by atomic mass is 16.4. The number of carbonyl (C=O) groups excluding carboxylic acids is 3. The number of hydrogen-bond acceptors (Lipinski definition) is 5. The van der Waals surface area contributed by atoms with Crippen LogP contribution in [0.2, 0.25) is 0 Å². The Hall–Kier alpha value is -2.94. The highest BCUT2D eigenvalue weighted by molar-refractivity contribution is 5.94. The van der Waals surface area contributed by atoms with Crippen molar-refractivity contribution in [3.05, 3.63) is 35.9 Å². The van der Waals surface area contributed by atoms with Crippen molar-refractivity contribution in [2.24, 2.45) is 17.8 Å². The molecule has 1 unspecified atom stereocenters. The molecule has 2 saturated heterocycles. The molecular formula is C25H36N4O5. The molecule has 0 spiro atoms. The zero-order valence-corrected chi connectivity index (χ0v) is 19.6. The van der Waals surface area contributed by atoms with E-state index in [-0.39, 0.29) is 36.7 Å². The molecule has 3 rings (SSSR count). The first-order valence-corrected chi connectivity index (χ1v) is 12.3. The standard InChI is InChI=1S/C25H36N4O5/c30-22(9-8-18-10-12-26-13-11-18)29-14-4-7-20(17-29)24(32)28-16-21(25(33)34)15-27-23(31)19-5-2-1-3-6-19/h1-3,5-6,18,20-21,26H,4,7-17H2,(H,27,31)(H,28,32)(H,33,34)/t20-,21?/m1/s1. The van der Waals surface area contributed by atoms with Gasteiger partial charge in [0.1, 0.15) is 0 Å². The second-order valence-corrected chi connectivity index (χ2v) is 9.27. The molecule has 2 aliphatic heterocycles. The predicted octanol–water partition coefficient (Wildman–Crippen LogP) is 1.25. The Balaban J connectivity index is 1.42. The summed E-state index contributed by atoms with van der Waals surface area (Å²) in [5, 5.41) is 18.2. The monoisotopic (exact) mass is 472 g/mol. The Morgan fingerprint density at radius 2 is 1.74 bits per heavy atom. The molecule has 1 aromatic rings. The number of amides is 3. The highest BCUT2D eigenvalue weighted by Gasteiger charge is 2.29. The van der Waals surface area contributed by atoms with Crippen LogP contribution in [0.4, 0.5) is 0 Å². The van der Waals surface area contributed by atoms with Gasteiger partial charge in [-0.05, 0) is 63.2 Å². The fourth-order valence-electron chi connectivity index (χ4n) is 4.60. The zero-order valence-electron chi connectivity index (χ0n) is 19.6. The molecule has 186 valence electrons. The van der Waals surface area contributed by atoms with Gasteiger partial charge >= 0.3 is 5.97 Å². The number of rotatable bonds is 10. The minimum Gasteiger partial charge on any atom is -0.481 e. The summed E-state index contributed by atoms with van der Waals surface area (Å²) in [4.78, 5) is 51.0. The summed E-state index contributed by atoms with van der Waals surface area (Å²) < 4.78 is 0. The zero-order chi connectivity index (χ0) is 24.3. The number of carboxylic acids is 1. The summed E-state index contributed by atoms with van der Waals surface area (Å²) >= 11 is 0. The van der Waals surface area contributed by atoms with Gasteiger partial charge in [0.25, 0.3) is 5.91 Å². The van der Waals surface area contributed by atoms with E-state index in [4.69, 9.17) is 0 Å². The highest BCUT2D eigenvalue weighted by Crippen LogP contribution is 2.21. The summed E-state index contributed by atoms with van der Waals surface area (Å²) in [5.41, 5.74) is 0.447. The molecule has 34 heavy (non-hydrogen) atoms. The second-order valence-electron chi connectivity index (χ2n) is 9.27. The molecule has 0 aromatic heterocycles. The molecule has 0 aliphatic carbocycles. The summed E-state index contributed by atoms with van der Waals surface area (Å²) in [6.07, 6.45) is 5.05. The van der Waals surface area contributed by atoms with E-state index < -0.39 is 11.9 Å². The molecule has 0 saturated carbocycles. The van der Waals surface area contributed by atoms with Crippen LogP contribution in [0.5, 0.6) is 0 Å². The number of carboxylic acid groups (broad SMARTS) is 1. The normalized spacial score (nSPS) is 19.8. The third-order valence-electron chi connectivity index (χ3n) is 6.79. The number of nitrogens with one attached hydrogen (secondary N) is 3. The van der Waals surface area contributed by atoms with Gasteiger partial charge in [-0.15, -0.1) is 0 Å². The van der Waals surface area contributed by atoms with E-state index in [1.165, 1.54) is 0 Å². The van der Waals surface area contributed by atoms with Crippen LogP contribution in [0.1, 0.15) is 48.9 Å². The van der Waals surface area contributed by atoms with Gasteiger partial charge in [0.05, 0.1) is 11.8 Å². The Labute approximate surface area is 200 Å². The molecule has 2 heterocycles. The maximum atomic E-state index is 12.7. The average Bonchev–Trinajstić information content (AvgIpc) is 2.87. The fourth-order valence-corrected chi connectivity index (χ4v) is 4.60. The van der Waals surface area contributed by atoms with Gasteiger partial charge in [0, 0.05) is 38.2 Å². The van der Waals surface area contributed by atoms with Gasteiger partial charge in [-0.1, -0.05) is 18.2 Å². The molecule has 4 N–H and O–H groups in total. The summed E-state index contributed by atoms with van der Waals surface area (Å²) in [6.45, 7) is 2.90. The van der Waals surface area contributed by atoms with Crippen LogP contribution in [0.3, 0.4) is 0 Å². The molecule has 9 heteroatoms. The van der Waals surface area contributed by atoms with Crippen molar-refractivity contribution in [2.75, 3.05) is 39.3 Å². The Morgan fingerprint density at radius 1 is 1.03 bits per heavy atom. The van der Waals surface area contributed by atoms with E-state index in [0.29, 0.717) is 37.4 Å². The molecule has 1 aromatic carbocycles. The Morgan fingerprint density at radius 3 is 2.44 bits per heavy atom. The number of piperidine rings is 2. The van der Waals surface area contributed by atoms with Crippen LogP contribution in [0.25, 0.3) is 0 Å². The SMILES string of the molecule is O=C(NCC(CNC(=O)[C@@H]1CCCN(C(=O)CCC2CCNCC2)C1)C(=O)O)c1ccccc1. The molecule has 0 radical (unpaired) electrons. The third-order valence-corrected chi connectivity index (χ3v) is 6.79. The summed E-state index contributed by atoms with van der Waals surface area (Å²) in [5.74, 6) is -2.28. The molecular weight excluding hydrogens is 436 g/mol. The fraction of sp³-hybridized carbons (Fsp3) is 0.600. The first kappa shape index (κ1) is 25.7. The van der Waals surface area contributed by atoms with Crippen LogP contribution in [0.15, 0.2) is 30.3 Å². The minimum atomic E-state index is -1.09. The van der Waals surface area contributed by atoms with Crippen molar-refractivity contribution in [2.45, 2.75) is 38.5 Å². The first-order valence-electron chi connectivity index (χ1n) is 12.3. The van der Waals surface area contributed by atoms with Crippen LogP contribution in [-0.2, 0) is 14.4 Å². The largest absolute Gasteiger partial charge is 0.481 e. The average molecular weight is 473 g/mol. The van der Waals surface area contributed by atoms with Crippen LogP contribution in [-0.4, -0.2) is 73.0 Å². The maximum Gasteiger partial charge on any atom is 0.310 e. The lowest BCUT2D eigenvalue weighted by Gasteiger charge is -2.33. The predicted molar refractivity (Wildman–Crippen MR) is 127 cm³/mol. The lowest BCUT2D eigenvalue weighted by Crippen LogP contribution is -2.47. The lowest BCUT2D eigenvalue weighted by molar-refractivity contribution is -0.141. The van der Waals surface area contributed by atoms with Gasteiger partial charge in [-0.2, -0.15) is 0 Å². The van der Waals surface area contributed by atoms with E-state index >= 15 is 0 Å². The molecule has 2 atom stereocenters. The van der Waals surface area contributed by atoms with Crippen molar-refractivity contribution in [3.63, 3.8) is 0 Å². The summed E-state index contributed by atoms with van der Waals surface area (Å²) in [7, 11) is 0. The number of hydrogen-bond donors (Lipinski definition) is 4. The molecule has 3 amide bonds. The Kier molecular flexibility index (Phi) is 9.88. The van der Waals surface area contributed by atoms with Crippen molar-refractivity contribution in [3.8, 4) is 0 Å². The van der Waals surface area contributed by atoms with Gasteiger partial charge in [0.2, 0.25) is 11.8 Å². The number of nitrogens with zero attached hydrogens (tertiary/aromatic N) is 1. The third kappa shape index (κ3) is 7.83. The minimum absolute atomic E-state index is 0.0800. The van der Waals surface area contributed by atoms with Crippen molar-refractivity contribution >= 4 is 23.7 Å². The molecule has 2 aliphatic rings. The Bertz CT molecular complexity index is 841. The number of aliphatic carboxylic acids is 1. The van der Waals surface area contributed by atoms with Crippen molar-refractivity contribution in [1.82, 2.24) is 20.9 Å². The molecule has 9 nitrogen and oxygen atoms in total. The lowest BCUT2D eigenvalue weighted by atomic mass is 9.92.